The van der Waals surface area contributed by atoms with Crippen LogP contribution in [-0.4, -0.2) is 39.9 Å². The van der Waals surface area contributed by atoms with Gasteiger partial charge in [-0.2, -0.15) is 4.31 Å². The third-order valence-corrected chi connectivity index (χ3v) is 7.70. The largest absolute Gasteiger partial charge is 0.330 e. The lowest BCUT2D eigenvalue weighted by atomic mass is 10.2. The average Bonchev–Trinajstić information content (AvgIpc) is 3.32. The van der Waals surface area contributed by atoms with Gasteiger partial charge < -0.3 is 0 Å². The molecule has 3 heterocycles. The van der Waals surface area contributed by atoms with Gasteiger partial charge in [0.2, 0.25) is 10.0 Å². The van der Waals surface area contributed by atoms with Crippen molar-refractivity contribution in [1.82, 2.24) is 18.4 Å². The molecule has 2 fully saturated rings. The molecule has 0 bridgehead atoms. The van der Waals surface area contributed by atoms with Gasteiger partial charge in [0.1, 0.15) is 10.7 Å². The number of hydrogen-bond acceptors (Lipinski definition) is 4. The molecule has 0 N–H and O–H groups in total. The Morgan fingerprint density at radius 3 is 2.66 bits per heavy atom. The zero-order valence-electron chi connectivity index (χ0n) is 15.7. The summed E-state index contributed by atoms with van der Waals surface area (Å²) in [7, 11) is -3.96. The third-order valence-electron chi connectivity index (χ3n) is 5.81. The van der Waals surface area contributed by atoms with Crippen molar-refractivity contribution in [2.45, 2.75) is 36.7 Å². The molecule has 0 spiro atoms. The van der Waals surface area contributed by atoms with Crippen LogP contribution in [0.3, 0.4) is 0 Å². The topological polar surface area (TPSA) is 77.2 Å². The average molecular weight is 416 g/mol. The Kier molecular flexibility index (Phi) is 4.32. The third kappa shape index (κ3) is 3.08. The summed E-state index contributed by atoms with van der Waals surface area (Å²) in [5.41, 5.74) is 1.20. The molecule has 1 aliphatic carbocycles. The zero-order chi connectivity index (χ0) is 20.2. The van der Waals surface area contributed by atoms with Gasteiger partial charge in [-0.3, -0.25) is 9.13 Å². The van der Waals surface area contributed by atoms with E-state index >= 15 is 0 Å². The standard InChI is InChI=1S/C20H21FN4O3S/c21-16-4-1-2-6-18(16)29(27,28)23-11-9-15(13-23)25-19-17(5-3-10-22-19)24(20(25)26)12-14-7-8-14/h1-6,10,14-15H,7-9,11-13H2/t15-/m1/s1. The lowest BCUT2D eigenvalue weighted by Crippen LogP contribution is -2.32. The lowest BCUT2D eigenvalue weighted by Gasteiger charge is -2.17. The van der Waals surface area contributed by atoms with Crippen LogP contribution in [-0.2, 0) is 16.6 Å². The zero-order valence-corrected chi connectivity index (χ0v) is 16.6. The molecule has 0 radical (unpaired) electrons. The first-order valence-corrected chi connectivity index (χ1v) is 11.2. The lowest BCUT2D eigenvalue weighted by molar-refractivity contribution is 0.442. The van der Waals surface area contributed by atoms with Gasteiger partial charge in [0.15, 0.2) is 5.65 Å². The number of sulfonamides is 1. The molecule has 29 heavy (non-hydrogen) atoms. The number of hydrogen-bond donors (Lipinski definition) is 0. The first-order chi connectivity index (χ1) is 14.0. The van der Waals surface area contributed by atoms with Gasteiger partial charge in [-0.05, 0) is 49.4 Å². The minimum Gasteiger partial charge on any atom is -0.290 e. The summed E-state index contributed by atoms with van der Waals surface area (Å²) in [5.74, 6) is -0.246. The number of rotatable bonds is 5. The van der Waals surface area contributed by atoms with Crippen molar-refractivity contribution >= 4 is 21.2 Å². The summed E-state index contributed by atoms with van der Waals surface area (Å²) in [6.07, 6.45) is 4.37. The van der Waals surface area contributed by atoms with E-state index < -0.39 is 15.8 Å². The van der Waals surface area contributed by atoms with Gasteiger partial charge >= 0.3 is 5.69 Å². The summed E-state index contributed by atoms with van der Waals surface area (Å²) in [6, 6.07) is 8.73. The van der Waals surface area contributed by atoms with Crippen LogP contribution < -0.4 is 5.69 Å². The number of pyridine rings is 1. The quantitative estimate of drug-likeness (QED) is 0.640. The van der Waals surface area contributed by atoms with E-state index in [1.165, 1.54) is 22.5 Å². The van der Waals surface area contributed by atoms with Crippen LogP contribution in [0.1, 0.15) is 25.3 Å². The van der Waals surface area contributed by atoms with Crippen LogP contribution >= 0.6 is 0 Å². The maximum Gasteiger partial charge on any atom is 0.330 e. The summed E-state index contributed by atoms with van der Waals surface area (Å²) in [6.45, 7) is 1.02. The highest BCUT2D eigenvalue weighted by Gasteiger charge is 2.37. The first-order valence-electron chi connectivity index (χ1n) is 9.77. The Balaban J connectivity index is 1.51. The molecular formula is C20H21FN4O3S. The fourth-order valence-electron chi connectivity index (χ4n) is 4.11. The number of nitrogens with zero attached hydrogens (tertiary/aromatic N) is 4. The highest BCUT2D eigenvalue weighted by atomic mass is 32.2. The van der Waals surface area contributed by atoms with Crippen LogP contribution in [0.25, 0.3) is 11.2 Å². The number of benzene rings is 1. The van der Waals surface area contributed by atoms with E-state index in [1.807, 2.05) is 6.07 Å². The van der Waals surface area contributed by atoms with E-state index in [2.05, 4.69) is 4.98 Å². The Morgan fingerprint density at radius 2 is 1.90 bits per heavy atom. The minimum atomic E-state index is -3.96. The molecular weight excluding hydrogens is 395 g/mol. The normalized spacial score (nSPS) is 20.5. The molecule has 1 aromatic carbocycles. The van der Waals surface area contributed by atoms with Gasteiger partial charge in [0, 0.05) is 25.8 Å². The molecule has 1 atom stereocenters. The molecule has 0 amide bonds. The fraction of sp³-hybridized carbons (Fsp3) is 0.400. The number of fused-ring (bicyclic) bond motifs is 1. The van der Waals surface area contributed by atoms with Crippen LogP contribution in [0.5, 0.6) is 0 Å². The van der Waals surface area contributed by atoms with Crippen LogP contribution in [0.2, 0.25) is 0 Å². The molecule has 0 unspecified atom stereocenters. The predicted molar refractivity (Wildman–Crippen MR) is 106 cm³/mol. The maximum atomic E-state index is 14.1. The Morgan fingerprint density at radius 1 is 1.10 bits per heavy atom. The highest BCUT2D eigenvalue weighted by Crippen LogP contribution is 2.33. The van der Waals surface area contributed by atoms with Crippen molar-refractivity contribution in [3.8, 4) is 0 Å². The molecule has 1 aliphatic heterocycles. The molecule has 9 heteroatoms. The molecule has 3 aromatic rings. The summed E-state index contributed by atoms with van der Waals surface area (Å²) in [4.78, 5) is 17.3. The van der Waals surface area contributed by atoms with Crippen molar-refractivity contribution in [3.63, 3.8) is 0 Å². The van der Waals surface area contributed by atoms with Gasteiger partial charge in [-0.15, -0.1) is 0 Å². The Hall–Kier alpha value is -2.52. The SMILES string of the molecule is O=c1n(CC2CC2)c2cccnc2n1[C@@H]1CCN(S(=O)(=O)c2ccccc2F)C1. The van der Waals surface area contributed by atoms with E-state index in [0.717, 1.165) is 24.4 Å². The van der Waals surface area contributed by atoms with Crippen molar-refractivity contribution in [2.24, 2.45) is 5.92 Å². The summed E-state index contributed by atoms with van der Waals surface area (Å²) in [5, 5.41) is 0. The molecule has 152 valence electrons. The number of aromatic nitrogens is 3. The van der Waals surface area contributed by atoms with Crippen LogP contribution in [0.15, 0.2) is 52.3 Å². The molecule has 7 nitrogen and oxygen atoms in total. The second-order valence-corrected chi connectivity index (χ2v) is 9.70. The molecule has 1 saturated heterocycles. The van der Waals surface area contributed by atoms with Gasteiger partial charge in [-0.1, -0.05) is 12.1 Å². The number of halogens is 1. The van der Waals surface area contributed by atoms with Gasteiger partial charge in [0.25, 0.3) is 0 Å². The van der Waals surface area contributed by atoms with Crippen molar-refractivity contribution in [2.75, 3.05) is 13.1 Å². The Bertz CT molecular complexity index is 1250. The van der Waals surface area contributed by atoms with E-state index in [-0.39, 0.29) is 29.7 Å². The van der Waals surface area contributed by atoms with E-state index in [9.17, 15) is 17.6 Å². The Labute approximate surface area is 167 Å². The van der Waals surface area contributed by atoms with Crippen molar-refractivity contribution in [1.29, 1.82) is 0 Å². The second-order valence-electron chi connectivity index (χ2n) is 7.79. The van der Waals surface area contributed by atoms with E-state index in [0.29, 0.717) is 24.5 Å². The monoisotopic (exact) mass is 416 g/mol. The van der Waals surface area contributed by atoms with E-state index in [4.69, 9.17) is 0 Å². The van der Waals surface area contributed by atoms with E-state index in [1.54, 1.807) is 21.4 Å². The molecule has 2 aliphatic rings. The van der Waals surface area contributed by atoms with Gasteiger partial charge in [0.05, 0.1) is 11.6 Å². The second kappa shape index (κ2) is 6.77. The molecule has 5 rings (SSSR count). The van der Waals surface area contributed by atoms with Crippen LogP contribution in [0.4, 0.5) is 4.39 Å². The minimum absolute atomic E-state index is 0.121. The molecule has 1 saturated carbocycles. The predicted octanol–water partition coefficient (Wildman–Crippen LogP) is 2.38. The van der Waals surface area contributed by atoms with Gasteiger partial charge in [-0.25, -0.2) is 22.6 Å². The van der Waals surface area contributed by atoms with Crippen molar-refractivity contribution in [3.05, 3.63) is 58.9 Å². The molecule has 2 aromatic heterocycles. The summed E-state index contributed by atoms with van der Waals surface area (Å²) >= 11 is 0. The maximum absolute atomic E-state index is 14.1. The van der Waals surface area contributed by atoms with Crippen LogP contribution in [0, 0.1) is 11.7 Å². The van der Waals surface area contributed by atoms with Crippen molar-refractivity contribution < 1.29 is 12.8 Å². The highest BCUT2D eigenvalue weighted by molar-refractivity contribution is 7.89. The summed E-state index contributed by atoms with van der Waals surface area (Å²) < 4.78 is 44.6. The smallest absolute Gasteiger partial charge is 0.290 e. The fourth-order valence-corrected chi connectivity index (χ4v) is 5.66. The number of imidazole rings is 1. The first kappa shape index (κ1) is 18.5.